The molecule has 0 fully saturated rings. The Morgan fingerprint density at radius 1 is 0.364 bits per heavy atom. The van der Waals surface area contributed by atoms with Gasteiger partial charge < -0.3 is 4.42 Å². The zero-order valence-electron chi connectivity index (χ0n) is 31.2. The average Bonchev–Trinajstić information content (AvgIpc) is 3.62. The van der Waals surface area contributed by atoms with Gasteiger partial charge in [-0.2, -0.15) is 0 Å². The Hall–Kier alpha value is -6.65. The molecule has 8 aromatic carbocycles. The Bertz CT molecular complexity index is 3210. The molecule has 0 bridgehead atoms. The van der Waals surface area contributed by atoms with Crippen molar-refractivity contribution in [3.05, 3.63) is 163 Å². The van der Waals surface area contributed by atoms with Crippen molar-refractivity contribution in [3.63, 3.8) is 0 Å². The smallest absolute Gasteiger partial charge is 0.164 e. The van der Waals surface area contributed by atoms with Gasteiger partial charge >= 0.3 is 0 Å². The standard InChI is InChI=1S/C51H37N3O/c1-50(2)42-26-25-31(27-40(42)41-28-38-34-19-10-8-17-32(34)33-18-9-11-20-35(33)39(38)29-43(41)51(50,3)4)48-52-47(30-15-6-5-7-16-30)53-49(54-48)37-22-14-24-45-46(37)36-21-12-13-23-44(36)55-45/h5-29H,1-4H3. The Labute approximate surface area is 319 Å². The first-order chi connectivity index (χ1) is 26.8. The topological polar surface area (TPSA) is 51.8 Å². The fourth-order valence-electron chi connectivity index (χ4n) is 9.12. The molecule has 4 heteroatoms. The lowest BCUT2D eigenvalue weighted by molar-refractivity contribution is 0.299. The van der Waals surface area contributed by atoms with Gasteiger partial charge in [0.05, 0.1) is 0 Å². The monoisotopic (exact) mass is 707 g/mol. The van der Waals surface area contributed by atoms with Crippen molar-refractivity contribution in [1.29, 1.82) is 0 Å². The van der Waals surface area contributed by atoms with E-state index in [0.29, 0.717) is 17.5 Å². The molecule has 2 aromatic heterocycles. The van der Waals surface area contributed by atoms with E-state index in [0.717, 1.165) is 38.6 Å². The first-order valence-electron chi connectivity index (χ1n) is 19.0. The van der Waals surface area contributed by atoms with Crippen LogP contribution < -0.4 is 0 Å². The third-order valence-electron chi connectivity index (χ3n) is 12.7. The lowest BCUT2D eigenvalue weighted by Crippen LogP contribution is -2.43. The van der Waals surface area contributed by atoms with E-state index in [-0.39, 0.29) is 10.8 Å². The molecule has 0 atom stereocenters. The highest BCUT2D eigenvalue weighted by atomic mass is 16.3. The zero-order chi connectivity index (χ0) is 37.1. The lowest BCUT2D eigenvalue weighted by atomic mass is 9.55. The van der Waals surface area contributed by atoms with Crippen LogP contribution in [-0.2, 0) is 10.8 Å². The minimum Gasteiger partial charge on any atom is -0.456 e. The maximum Gasteiger partial charge on any atom is 0.164 e. The second kappa shape index (κ2) is 11.4. The van der Waals surface area contributed by atoms with Gasteiger partial charge in [0.2, 0.25) is 0 Å². The van der Waals surface area contributed by atoms with E-state index in [1.165, 1.54) is 54.6 Å². The Balaban J connectivity index is 1.18. The summed E-state index contributed by atoms with van der Waals surface area (Å²) in [5.74, 6) is 1.89. The molecule has 262 valence electrons. The van der Waals surface area contributed by atoms with Gasteiger partial charge in [-0.25, -0.2) is 15.0 Å². The number of furan rings is 1. The van der Waals surface area contributed by atoms with Crippen LogP contribution in [0.2, 0.25) is 0 Å². The van der Waals surface area contributed by atoms with E-state index in [9.17, 15) is 0 Å². The largest absolute Gasteiger partial charge is 0.456 e. The number of benzene rings is 8. The van der Waals surface area contributed by atoms with Crippen LogP contribution in [0.15, 0.2) is 156 Å². The summed E-state index contributed by atoms with van der Waals surface area (Å²) in [6, 6.07) is 53.9. The molecule has 4 nitrogen and oxygen atoms in total. The third kappa shape index (κ3) is 4.55. The maximum atomic E-state index is 6.29. The number of hydrogen-bond donors (Lipinski definition) is 0. The van der Waals surface area contributed by atoms with Crippen LogP contribution in [0.25, 0.3) is 99.5 Å². The first-order valence-corrected chi connectivity index (χ1v) is 19.0. The average molecular weight is 708 g/mol. The number of hydrogen-bond acceptors (Lipinski definition) is 4. The van der Waals surface area contributed by atoms with Crippen molar-refractivity contribution in [3.8, 4) is 45.3 Å². The predicted octanol–water partition coefficient (Wildman–Crippen LogP) is 13.5. The summed E-state index contributed by atoms with van der Waals surface area (Å²) in [6.07, 6.45) is 0. The van der Waals surface area contributed by atoms with Gasteiger partial charge in [-0.1, -0.05) is 149 Å². The van der Waals surface area contributed by atoms with Gasteiger partial charge in [0, 0.05) is 27.5 Å². The number of rotatable bonds is 3. The summed E-state index contributed by atoms with van der Waals surface area (Å²) < 4.78 is 6.29. The molecule has 1 aliphatic rings. The van der Waals surface area contributed by atoms with Crippen LogP contribution >= 0.6 is 0 Å². The lowest BCUT2D eigenvalue weighted by Gasteiger charge is -2.48. The SMILES string of the molecule is CC1(C)c2ccc(-c3nc(-c4ccccc4)nc(-c4cccc5oc6ccccc6c45)n3)cc2-c2cc3c4ccccc4c4ccccc4c3cc2C1(C)C. The van der Waals surface area contributed by atoms with Crippen LogP contribution in [0.1, 0.15) is 38.8 Å². The molecular weight excluding hydrogens is 671 g/mol. The number of fused-ring (bicyclic) bond motifs is 12. The molecule has 55 heavy (non-hydrogen) atoms. The van der Waals surface area contributed by atoms with E-state index in [4.69, 9.17) is 19.4 Å². The van der Waals surface area contributed by atoms with Crippen molar-refractivity contribution < 1.29 is 4.42 Å². The maximum absolute atomic E-state index is 6.29. The quantitative estimate of drug-likeness (QED) is 0.172. The molecule has 11 rings (SSSR count). The van der Waals surface area contributed by atoms with Crippen LogP contribution in [0, 0.1) is 0 Å². The van der Waals surface area contributed by atoms with Gasteiger partial charge in [0.1, 0.15) is 11.2 Å². The second-order valence-corrected chi connectivity index (χ2v) is 16.0. The zero-order valence-corrected chi connectivity index (χ0v) is 31.2. The van der Waals surface area contributed by atoms with Crippen molar-refractivity contribution in [1.82, 2.24) is 15.0 Å². The molecule has 10 aromatic rings. The highest BCUT2D eigenvalue weighted by Gasteiger charge is 2.46. The fraction of sp³-hybridized carbons (Fsp3) is 0.118. The van der Waals surface area contributed by atoms with E-state index >= 15 is 0 Å². The molecule has 1 aliphatic carbocycles. The van der Waals surface area contributed by atoms with E-state index in [2.05, 4.69) is 131 Å². The second-order valence-electron chi connectivity index (χ2n) is 16.0. The molecule has 0 saturated carbocycles. The predicted molar refractivity (Wildman–Crippen MR) is 227 cm³/mol. The van der Waals surface area contributed by atoms with Crippen molar-refractivity contribution >= 4 is 54.3 Å². The summed E-state index contributed by atoms with van der Waals surface area (Å²) >= 11 is 0. The summed E-state index contributed by atoms with van der Waals surface area (Å²) in [5.41, 5.74) is 9.32. The molecule has 0 N–H and O–H groups in total. The molecule has 0 unspecified atom stereocenters. The van der Waals surface area contributed by atoms with Gasteiger partial charge in [-0.05, 0) is 95.7 Å². The highest BCUT2D eigenvalue weighted by Crippen LogP contribution is 2.56. The molecule has 0 aliphatic heterocycles. The molecule has 2 heterocycles. The Morgan fingerprint density at radius 3 is 1.60 bits per heavy atom. The summed E-state index contributed by atoms with van der Waals surface area (Å²) in [6.45, 7) is 9.59. The van der Waals surface area contributed by atoms with Gasteiger partial charge in [0.25, 0.3) is 0 Å². The van der Waals surface area contributed by atoms with Crippen molar-refractivity contribution in [2.45, 2.75) is 38.5 Å². The number of aromatic nitrogens is 3. The fourth-order valence-corrected chi connectivity index (χ4v) is 9.12. The van der Waals surface area contributed by atoms with E-state index in [1.807, 2.05) is 48.5 Å². The normalized spacial score (nSPS) is 14.5. The van der Waals surface area contributed by atoms with Crippen LogP contribution in [0.3, 0.4) is 0 Å². The van der Waals surface area contributed by atoms with E-state index in [1.54, 1.807) is 0 Å². The minimum atomic E-state index is -0.161. The Kier molecular flexibility index (Phi) is 6.61. The van der Waals surface area contributed by atoms with Crippen molar-refractivity contribution in [2.75, 3.05) is 0 Å². The van der Waals surface area contributed by atoms with Crippen LogP contribution in [0.5, 0.6) is 0 Å². The van der Waals surface area contributed by atoms with Gasteiger partial charge in [0.15, 0.2) is 17.5 Å². The molecule has 0 saturated heterocycles. The van der Waals surface area contributed by atoms with Crippen LogP contribution in [0.4, 0.5) is 0 Å². The van der Waals surface area contributed by atoms with Gasteiger partial charge in [-0.3, -0.25) is 0 Å². The summed E-state index contributed by atoms with van der Waals surface area (Å²) in [7, 11) is 0. The summed E-state index contributed by atoms with van der Waals surface area (Å²) in [4.78, 5) is 15.6. The minimum absolute atomic E-state index is 0.148. The molecular formula is C51H37N3O. The molecule has 0 radical (unpaired) electrons. The van der Waals surface area contributed by atoms with Crippen LogP contribution in [-0.4, -0.2) is 15.0 Å². The van der Waals surface area contributed by atoms with Gasteiger partial charge in [-0.15, -0.1) is 0 Å². The third-order valence-corrected chi connectivity index (χ3v) is 12.7. The summed E-state index contributed by atoms with van der Waals surface area (Å²) in [5, 5.41) is 9.75. The number of para-hydroxylation sites is 1. The highest BCUT2D eigenvalue weighted by molar-refractivity contribution is 6.26. The molecule has 0 amide bonds. The van der Waals surface area contributed by atoms with E-state index < -0.39 is 0 Å². The van der Waals surface area contributed by atoms with Crippen molar-refractivity contribution in [2.24, 2.45) is 0 Å². The molecule has 0 spiro atoms. The Morgan fingerprint density at radius 2 is 0.891 bits per heavy atom. The first kappa shape index (κ1) is 31.8. The number of nitrogens with zero attached hydrogens (tertiary/aromatic N) is 3.